The van der Waals surface area contributed by atoms with Gasteiger partial charge in [0.1, 0.15) is 5.69 Å². The van der Waals surface area contributed by atoms with Crippen LogP contribution in [0.5, 0.6) is 0 Å². The highest BCUT2D eigenvalue weighted by Gasteiger charge is 2.36. The molecule has 0 radical (unpaired) electrons. The topological polar surface area (TPSA) is 67.6 Å². The molecular formula is C15H19ClF3N3O3. The Morgan fingerprint density at radius 1 is 1.32 bits per heavy atom. The summed E-state index contributed by atoms with van der Waals surface area (Å²) in [7, 11) is 0. The molecule has 1 fully saturated rings. The number of benzene rings is 1. The fourth-order valence-corrected chi connectivity index (χ4v) is 2.93. The van der Waals surface area contributed by atoms with Crippen LogP contribution in [-0.4, -0.2) is 48.2 Å². The van der Waals surface area contributed by atoms with Gasteiger partial charge in [0.25, 0.3) is 5.69 Å². The Balaban J connectivity index is 2.23. The molecule has 0 bridgehead atoms. The van der Waals surface area contributed by atoms with Gasteiger partial charge in [-0.25, -0.2) is 0 Å². The van der Waals surface area contributed by atoms with Crippen LogP contribution in [0.25, 0.3) is 0 Å². The first-order valence-electron chi connectivity index (χ1n) is 7.64. The van der Waals surface area contributed by atoms with Crippen LogP contribution in [0.3, 0.4) is 0 Å². The third-order valence-corrected chi connectivity index (χ3v) is 4.48. The van der Waals surface area contributed by atoms with Crippen molar-refractivity contribution in [2.24, 2.45) is 0 Å². The Morgan fingerprint density at radius 2 is 1.92 bits per heavy atom. The summed E-state index contributed by atoms with van der Waals surface area (Å²) in [6, 6.07) is 1.42. The van der Waals surface area contributed by atoms with E-state index in [4.69, 9.17) is 16.3 Å². The normalized spacial score (nSPS) is 16.7. The molecule has 2 rings (SSSR count). The van der Waals surface area contributed by atoms with E-state index < -0.39 is 27.4 Å². The summed E-state index contributed by atoms with van der Waals surface area (Å²) < 4.78 is 44.0. The lowest BCUT2D eigenvalue weighted by atomic mass is 10.0. The van der Waals surface area contributed by atoms with Crippen LogP contribution in [-0.2, 0) is 10.9 Å². The maximum absolute atomic E-state index is 12.9. The van der Waals surface area contributed by atoms with Crippen molar-refractivity contribution in [3.63, 3.8) is 0 Å². The van der Waals surface area contributed by atoms with Gasteiger partial charge < -0.3 is 10.1 Å². The fourth-order valence-electron chi connectivity index (χ4n) is 2.66. The van der Waals surface area contributed by atoms with E-state index in [-0.39, 0.29) is 11.2 Å². The zero-order valence-corrected chi connectivity index (χ0v) is 14.6. The molecule has 1 N–H and O–H groups in total. The van der Waals surface area contributed by atoms with Crippen molar-refractivity contribution >= 4 is 23.0 Å². The minimum absolute atomic E-state index is 0.0377. The van der Waals surface area contributed by atoms with Crippen LogP contribution in [0.15, 0.2) is 12.1 Å². The summed E-state index contributed by atoms with van der Waals surface area (Å²) in [6.07, 6.45) is -4.76. The van der Waals surface area contributed by atoms with Crippen LogP contribution < -0.4 is 5.32 Å². The van der Waals surface area contributed by atoms with Gasteiger partial charge in [-0.05, 0) is 19.9 Å². The van der Waals surface area contributed by atoms with Gasteiger partial charge in [0.2, 0.25) is 0 Å². The molecule has 1 aromatic rings. The molecule has 1 saturated heterocycles. The Morgan fingerprint density at radius 3 is 2.44 bits per heavy atom. The van der Waals surface area contributed by atoms with Crippen LogP contribution >= 0.6 is 11.6 Å². The first-order chi connectivity index (χ1) is 11.5. The van der Waals surface area contributed by atoms with Gasteiger partial charge in [0.15, 0.2) is 0 Å². The lowest BCUT2D eigenvalue weighted by molar-refractivity contribution is -0.384. The second kappa shape index (κ2) is 7.35. The van der Waals surface area contributed by atoms with E-state index in [2.05, 4.69) is 10.2 Å². The summed E-state index contributed by atoms with van der Waals surface area (Å²) >= 11 is 5.68. The molecule has 25 heavy (non-hydrogen) atoms. The Labute approximate surface area is 148 Å². The minimum atomic E-state index is -4.76. The van der Waals surface area contributed by atoms with Gasteiger partial charge in [-0.3, -0.25) is 15.0 Å². The van der Waals surface area contributed by atoms with Crippen molar-refractivity contribution in [2.75, 3.05) is 38.2 Å². The van der Waals surface area contributed by atoms with E-state index in [1.165, 1.54) is 0 Å². The van der Waals surface area contributed by atoms with Gasteiger partial charge in [0, 0.05) is 31.2 Å². The van der Waals surface area contributed by atoms with Crippen LogP contribution in [0.4, 0.5) is 24.5 Å². The van der Waals surface area contributed by atoms with Gasteiger partial charge >= 0.3 is 6.18 Å². The van der Waals surface area contributed by atoms with Crippen molar-refractivity contribution in [3.05, 3.63) is 32.8 Å². The number of ether oxygens (including phenoxy) is 1. The summed E-state index contributed by atoms with van der Waals surface area (Å²) in [5.74, 6) is 0. The quantitative estimate of drug-likeness (QED) is 0.621. The number of rotatable bonds is 5. The molecule has 0 atom stereocenters. The van der Waals surface area contributed by atoms with E-state index >= 15 is 0 Å². The summed E-state index contributed by atoms with van der Waals surface area (Å²) in [5.41, 5.74) is -2.29. The van der Waals surface area contributed by atoms with E-state index in [0.29, 0.717) is 38.9 Å². The summed E-state index contributed by atoms with van der Waals surface area (Å²) in [4.78, 5) is 12.5. The maximum Gasteiger partial charge on any atom is 0.418 e. The van der Waals surface area contributed by atoms with Gasteiger partial charge in [-0.15, -0.1) is 0 Å². The van der Waals surface area contributed by atoms with Crippen LogP contribution in [0.1, 0.15) is 19.4 Å². The minimum Gasteiger partial charge on any atom is -0.379 e. The molecule has 140 valence electrons. The van der Waals surface area contributed by atoms with Crippen molar-refractivity contribution in [3.8, 4) is 0 Å². The van der Waals surface area contributed by atoms with E-state index in [1.807, 2.05) is 13.8 Å². The Hall–Kier alpha value is -1.58. The SMILES string of the molecule is CC(C)(CNc1cc(Cl)c(C(F)(F)F)cc1[N+](=O)[O-])N1CCOCC1. The molecule has 1 heterocycles. The van der Waals surface area contributed by atoms with Gasteiger partial charge in [-0.2, -0.15) is 13.2 Å². The van der Waals surface area contributed by atoms with Crippen LogP contribution in [0.2, 0.25) is 5.02 Å². The average Bonchev–Trinajstić information content (AvgIpc) is 2.52. The molecule has 0 saturated carbocycles. The highest BCUT2D eigenvalue weighted by atomic mass is 35.5. The lowest BCUT2D eigenvalue weighted by Crippen LogP contribution is -2.53. The predicted molar refractivity (Wildman–Crippen MR) is 88.1 cm³/mol. The smallest absolute Gasteiger partial charge is 0.379 e. The molecule has 6 nitrogen and oxygen atoms in total. The van der Waals surface area contributed by atoms with Crippen LogP contribution in [0, 0.1) is 10.1 Å². The molecule has 1 aliphatic heterocycles. The number of hydrogen-bond acceptors (Lipinski definition) is 5. The molecule has 10 heteroatoms. The largest absolute Gasteiger partial charge is 0.418 e. The Kier molecular flexibility index (Phi) is 5.80. The maximum atomic E-state index is 12.9. The molecule has 1 aromatic carbocycles. The fraction of sp³-hybridized carbons (Fsp3) is 0.600. The first-order valence-corrected chi connectivity index (χ1v) is 8.02. The van der Waals surface area contributed by atoms with E-state index in [9.17, 15) is 23.3 Å². The first kappa shape index (κ1) is 19.7. The van der Waals surface area contributed by atoms with Crippen molar-refractivity contribution in [2.45, 2.75) is 25.6 Å². The number of nitrogens with one attached hydrogen (secondary N) is 1. The molecule has 0 amide bonds. The number of nitrogens with zero attached hydrogens (tertiary/aromatic N) is 2. The van der Waals surface area contributed by atoms with Gasteiger partial charge in [0.05, 0.1) is 28.7 Å². The monoisotopic (exact) mass is 381 g/mol. The molecule has 0 aromatic heterocycles. The van der Waals surface area contributed by atoms with Crippen molar-refractivity contribution in [1.82, 2.24) is 4.90 Å². The predicted octanol–water partition coefficient (Wildman–Crippen LogP) is 3.79. The number of morpholine rings is 1. The number of anilines is 1. The third kappa shape index (κ3) is 4.74. The number of hydrogen-bond donors (Lipinski definition) is 1. The summed E-state index contributed by atoms with van der Waals surface area (Å²) in [6.45, 7) is 6.81. The summed E-state index contributed by atoms with van der Waals surface area (Å²) in [5, 5.41) is 13.5. The number of nitro benzene ring substituents is 1. The number of alkyl halides is 3. The molecule has 1 aliphatic rings. The molecule has 0 unspecified atom stereocenters. The number of nitro groups is 1. The Bertz CT molecular complexity index is 647. The van der Waals surface area contributed by atoms with Gasteiger partial charge in [-0.1, -0.05) is 11.6 Å². The standard InChI is InChI=1S/C15H19ClF3N3O3/c1-14(2,21-3-5-25-6-4-21)9-20-12-8-11(16)10(15(17,18)19)7-13(12)22(23)24/h7-8,20H,3-6,9H2,1-2H3. The zero-order chi connectivity index (χ0) is 18.8. The molecule has 0 aliphatic carbocycles. The highest BCUT2D eigenvalue weighted by molar-refractivity contribution is 6.31. The third-order valence-electron chi connectivity index (χ3n) is 4.17. The van der Waals surface area contributed by atoms with Crippen molar-refractivity contribution < 1.29 is 22.8 Å². The van der Waals surface area contributed by atoms with Crippen molar-refractivity contribution in [1.29, 1.82) is 0 Å². The molecular weight excluding hydrogens is 363 g/mol. The lowest BCUT2D eigenvalue weighted by Gasteiger charge is -2.41. The van der Waals surface area contributed by atoms with E-state index in [0.717, 1.165) is 6.07 Å². The van der Waals surface area contributed by atoms with E-state index in [1.54, 1.807) is 0 Å². The molecule has 0 spiro atoms. The zero-order valence-electron chi connectivity index (χ0n) is 13.8. The highest BCUT2D eigenvalue weighted by Crippen LogP contribution is 2.40. The number of halogens is 4. The second-order valence-electron chi connectivity index (χ2n) is 6.37. The average molecular weight is 382 g/mol. The second-order valence-corrected chi connectivity index (χ2v) is 6.78.